The van der Waals surface area contributed by atoms with Crippen molar-refractivity contribution in [3.05, 3.63) is 118 Å². The molecule has 0 aliphatic carbocycles. The first-order valence-electron chi connectivity index (χ1n) is 12.8. The van der Waals surface area contributed by atoms with Crippen molar-refractivity contribution in [2.45, 2.75) is 52.7 Å². The predicted octanol–water partition coefficient (Wildman–Crippen LogP) is 7.35. The summed E-state index contributed by atoms with van der Waals surface area (Å²) in [6, 6.07) is 26.7. The molecule has 5 nitrogen and oxygen atoms in total. The zero-order chi connectivity index (χ0) is 27.2. The minimum atomic E-state index is -0.583. The third-order valence-electron chi connectivity index (χ3n) is 7.09. The highest BCUT2D eigenvalue weighted by Crippen LogP contribution is 2.40. The summed E-state index contributed by atoms with van der Waals surface area (Å²) in [7, 11) is 0. The fourth-order valence-corrected chi connectivity index (χ4v) is 4.57. The van der Waals surface area contributed by atoms with Gasteiger partial charge in [-0.05, 0) is 37.1 Å². The lowest BCUT2D eigenvalue weighted by molar-refractivity contribution is -0.121. The molecule has 0 saturated heterocycles. The molecule has 2 unspecified atom stereocenters. The molecule has 4 rings (SSSR count). The molecule has 0 aliphatic heterocycles. The first-order chi connectivity index (χ1) is 18.3. The van der Waals surface area contributed by atoms with Crippen molar-refractivity contribution >= 4 is 5.78 Å². The summed E-state index contributed by atoms with van der Waals surface area (Å²) in [5.74, 6) is -0.0295. The normalized spacial score (nSPS) is 12.5. The Morgan fingerprint density at radius 3 is 1.37 bits per heavy atom. The van der Waals surface area contributed by atoms with Crippen LogP contribution in [0.1, 0.15) is 59.1 Å². The molecular weight excluding hydrogens is 476 g/mol. The van der Waals surface area contributed by atoms with Gasteiger partial charge in [0.15, 0.2) is 0 Å². The number of carbonyl (C=O) groups is 1. The number of hydrogen-bond donors (Lipinski definition) is 2. The van der Waals surface area contributed by atoms with Crippen LogP contribution in [0.4, 0.5) is 0 Å². The summed E-state index contributed by atoms with van der Waals surface area (Å²) in [5, 5.41) is 21.9. The fourth-order valence-electron chi connectivity index (χ4n) is 4.57. The van der Waals surface area contributed by atoms with Gasteiger partial charge in [0.25, 0.3) is 0 Å². The SMILES string of the molecule is Cc1c(OCc2ccccc2)ccc(C(C)C(=O)C(C)c2ccc(OCc3ccccc3)c(C)c2O)c1O. The van der Waals surface area contributed by atoms with Crippen molar-refractivity contribution in [2.24, 2.45) is 0 Å². The third-order valence-corrected chi connectivity index (χ3v) is 7.09. The molecule has 0 fully saturated rings. The van der Waals surface area contributed by atoms with Gasteiger partial charge in [-0.1, -0.05) is 86.6 Å². The maximum absolute atomic E-state index is 13.5. The van der Waals surface area contributed by atoms with Gasteiger partial charge in [-0.2, -0.15) is 0 Å². The monoisotopic (exact) mass is 510 g/mol. The Bertz CT molecular complexity index is 1290. The highest BCUT2D eigenvalue weighted by atomic mass is 16.5. The van der Waals surface area contributed by atoms with E-state index in [2.05, 4.69) is 0 Å². The van der Waals surface area contributed by atoms with Crippen LogP contribution in [-0.4, -0.2) is 16.0 Å². The molecule has 196 valence electrons. The zero-order valence-corrected chi connectivity index (χ0v) is 22.3. The Kier molecular flexibility index (Phi) is 8.37. The van der Waals surface area contributed by atoms with Crippen LogP contribution < -0.4 is 9.47 Å². The molecular formula is C33H34O5. The number of Topliss-reactive ketones (excluding diaryl/α,β-unsaturated/α-hetero) is 1. The van der Waals surface area contributed by atoms with E-state index in [0.29, 0.717) is 47.0 Å². The number of rotatable bonds is 10. The standard InChI is InChI=1S/C33H34O5/c1-21(27-15-17-29(23(3)32(27)35)37-19-25-11-7-5-8-12-25)31(34)22(2)28-16-18-30(24(4)33(28)36)38-20-26-13-9-6-10-14-26/h5-18,21-22,35-36H,19-20H2,1-4H3. The van der Waals surface area contributed by atoms with Crippen molar-refractivity contribution in [2.75, 3.05) is 0 Å². The van der Waals surface area contributed by atoms with Gasteiger partial charge < -0.3 is 19.7 Å². The van der Waals surface area contributed by atoms with Crippen LogP contribution in [0.15, 0.2) is 84.9 Å². The molecule has 2 atom stereocenters. The second-order valence-electron chi connectivity index (χ2n) is 9.65. The number of benzene rings is 4. The van der Waals surface area contributed by atoms with Gasteiger partial charge in [0.05, 0.1) is 0 Å². The van der Waals surface area contributed by atoms with Gasteiger partial charge >= 0.3 is 0 Å². The first-order valence-corrected chi connectivity index (χ1v) is 12.8. The number of aromatic hydroxyl groups is 2. The summed E-state index contributed by atoms with van der Waals surface area (Å²) in [6.45, 7) is 7.88. The molecule has 0 spiro atoms. The summed E-state index contributed by atoms with van der Waals surface area (Å²) < 4.78 is 11.8. The molecule has 0 bridgehead atoms. The van der Waals surface area contributed by atoms with Gasteiger partial charge in [-0.3, -0.25) is 4.79 Å². The Morgan fingerprint density at radius 2 is 1.00 bits per heavy atom. The quantitative estimate of drug-likeness (QED) is 0.233. The number of phenolic OH excluding ortho intramolecular Hbond substituents is 2. The molecule has 0 heterocycles. The summed E-state index contributed by atoms with van der Waals surface area (Å²) >= 11 is 0. The molecule has 4 aromatic rings. The number of ether oxygens (including phenoxy) is 2. The molecule has 38 heavy (non-hydrogen) atoms. The summed E-state index contributed by atoms with van der Waals surface area (Å²) in [4.78, 5) is 13.5. The van der Waals surface area contributed by atoms with E-state index in [1.54, 1.807) is 52.0 Å². The van der Waals surface area contributed by atoms with Crippen LogP contribution in [0.5, 0.6) is 23.0 Å². The first kappa shape index (κ1) is 26.8. The molecule has 4 aromatic carbocycles. The van der Waals surface area contributed by atoms with Crippen LogP contribution >= 0.6 is 0 Å². The predicted molar refractivity (Wildman–Crippen MR) is 149 cm³/mol. The van der Waals surface area contributed by atoms with Crippen LogP contribution in [0, 0.1) is 13.8 Å². The van der Waals surface area contributed by atoms with E-state index in [9.17, 15) is 15.0 Å². The second-order valence-corrected chi connectivity index (χ2v) is 9.65. The number of hydrogen-bond acceptors (Lipinski definition) is 5. The van der Waals surface area contributed by atoms with Crippen molar-refractivity contribution in [3.8, 4) is 23.0 Å². The van der Waals surface area contributed by atoms with Crippen molar-refractivity contribution in [1.82, 2.24) is 0 Å². The van der Waals surface area contributed by atoms with E-state index in [1.165, 1.54) is 0 Å². The highest BCUT2D eigenvalue weighted by Gasteiger charge is 2.28. The molecule has 2 N–H and O–H groups in total. The van der Waals surface area contributed by atoms with Crippen LogP contribution in [0.25, 0.3) is 0 Å². The maximum Gasteiger partial charge on any atom is 0.147 e. The highest BCUT2D eigenvalue weighted by molar-refractivity contribution is 5.92. The topological polar surface area (TPSA) is 76.0 Å². The van der Waals surface area contributed by atoms with E-state index in [1.807, 2.05) is 60.7 Å². The molecule has 5 heteroatoms. The molecule has 0 aliphatic rings. The number of phenols is 2. The Morgan fingerprint density at radius 1 is 0.632 bits per heavy atom. The largest absolute Gasteiger partial charge is 0.507 e. The lowest BCUT2D eigenvalue weighted by Crippen LogP contribution is -2.17. The van der Waals surface area contributed by atoms with Crippen molar-refractivity contribution in [1.29, 1.82) is 0 Å². The Balaban J connectivity index is 1.47. The van der Waals surface area contributed by atoms with Gasteiger partial charge in [0.2, 0.25) is 0 Å². The van der Waals surface area contributed by atoms with E-state index in [4.69, 9.17) is 9.47 Å². The fraction of sp³-hybridized carbons (Fsp3) is 0.242. The second kappa shape index (κ2) is 11.9. The Hall–Kier alpha value is -4.25. The van der Waals surface area contributed by atoms with Gasteiger partial charge in [0.1, 0.15) is 42.0 Å². The third kappa shape index (κ3) is 5.83. The van der Waals surface area contributed by atoms with Gasteiger partial charge in [-0.15, -0.1) is 0 Å². The number of ketones is 1. The van der Waals surface area contributed by atoms with E-state index >= 15 is 0 Å². The van der Waals surface area contributed by atoms with E-state index in [-0.39, 0.29) is 17.3 Å². The summed E-state index contributed by atoms with van der Waals surface area (Å²) in [5.41, 5.74) is 4.29. The van der Waals surface area contributed by atoms with Crippen molar-refractivity contribution in [3.63, 3.8) is 0 Å². The van der Waals surface area contributed by atoms with Crippen LogP contribution in [0.3, 0.4) is 0 Å². The summed E-state index contributed by atoms with van der Waals surface area (Å²) in [6.07, 6.45) is 0. The lowest BCUT2D eigenvalue weighted by atomic mass is 9.84. The zero-order valence-electron chi connectivity index (χ0n) is 22.3. The van der Waals surface area contributed by atoms with Gasteiger partial charge in [0, 0.05) is 34.1 Å². The average Bonchev–Trinajstić information content (AvgIpc) is 2.94. The molecule has 0 aromatic heterocycles. The van der Waals surface area contributed by atoms with Crippen LogP contribution in [0.2, 0.25) is 0 Å². The molecule has 0 radical (unpaired) electrons. The maximum atomic E-state index is 13.5. The minimum absolute atomic E-state index is 0.0497. The minimum Gasteiger partial charge on any atom is -0.507 e. The van der Waals surface area contributed by atoms with E-state index < -0.39 is 11.8 Å². The van der Waals surface area contributed by atoms with Crippen LogP contribution in [-0.2, 0) is 18.0 Å². The average molecular weight is 511 g/mol. The van der Waals surface area contributed by atoms with Crippen molar-refractivity contribution < 1.29 is 24.5 Å². The molecule has 0 amide bonds. The van der Waals surface area contributed by atoms with E-state index in [0.717, 1.165) is 11.1 Å². The lowest BCUT2D eigenvalue weighted by Gasteiger charge is -2.21. The van der Waals surface area contributed by atoms with Gasteiger partial charge in [-0.25, -0.2) is 0 Å². The number of carbonyl (C=O) groups excluding carboxylic acids is 1. The molecule has 0 saturated carbocycles. The smallest absolute Gasteiger partial charge is 0.147 e. The Labute approximate surface area is 224 Å².